The second-order valence-corrected chi connectivity index (χ2v) is 8.69. The first kappa shape index (κ1) is 19.7. The van der Waals surface area contributed by atoms with Crippen LogP contribution in [0, 0.1) is 5.82 Å². The molecular formula is C23H22FN3O4. The fourth-order valence-electron chi connectivity index (χ4n) is 4.73. The van der Waals surface area contributed by atoms with Gasteiger partial charge in [0, 0.05) is 38.3 Å². The molecular weight excluding hydrogens is 401 g/mol. The fraction of sp³-hybridized carbons (Fsp3) is 0.348. The van der Waals surface area contributed by atoms with Gasteiger partial charge in [-0.3, -0.25) is 24.2 Å². The minimum atomic E-state index is -0.699. The van der Waals surface area contributed by atoms with E-state index in [1.807, 2.05) is 19.9 Å². The average molecular weight is 423 g/mol. The number of rotatable bonds is 3. The molecule has 1 aromatic heterocycles. The predicted molar refractivity (Wildman–Crippen MR) is 111 cm³/mol. The maximum Gasteiger partial charge on any atom is 0.300 e. The summed E-state index contributed by atoms with van der Waals surface area (Å²) in [5.74, 6) is -1.61. The van der Waals surface area contributed by atoms with Crippen LogP contribution in [-0.4, -0.2) is 65.7 Å². The summed E-state index contributed by atoms with van der Waals surface area (Å²) in [4.78, 5) is 42.9. The minimum absolute atomic E-state index is 0.127. The second-order valence-electron chi connectivity index (χ2n) is 8.69. The number of anilines is 1. The van der Waals surface area contributed by atoms with E-state index in [-0.39, 0.29) is 11.5 Å². The van der Waals surface area contributed by atoms with Crippen molar-refractivity contribution in [2.24, 2.45) is 0 Å². The number of hydrogen-bond acceptors (Lipinski definition) is 5. The van der Waals surface area contributed by atoms with E-state index in [2.05, 4.69) is 4.90 Å². The van der Waals surface area contributed by atoms with Gasteiger partial charge in [-0.15, -0.1) is 0 Å². The molecule has 0 radical (unpaired) electrons. The number of amides is 2. The van der Waals surface area contributed by atoms with Crippen LogP contribution in [0.5, 0.6) is 0 Å². The molecule has 1 fully saturated rings. The first-order valence-corrected chi connectivity index (χ1v) is 10.3. The summed E-state index contributed by atoms with van der Waals surface area (Å²) in [6, 6.07) is 5.89. The van der Waals surface area contributed by atoms with Crippen molar-refractivity contribution in [1.29, 1.82) is 0 Å². The van der Waals surface area contributed by atoms with Crippen molar-refractivity contribution in [1.82, 2.24) is 9.80 Å². The molecule has 4 heterocycles. The van der Waals surface area contributed by atoms with Gasteiger partial charge in [0.2, 0.25) is 0 Å². The van der Waals surface area contributed by atoms with Crippen molar-refractivity contribution < 1.29 is 23.2 Å². The monoisotopic (exact) mass is 423 g/mol. The summed E-state index contributed by atoms with van der Waals surface area (Å²) in [6.45, 7) is 6.71. The van der Waals surface area contributed by atoms with Crippen LogP contribution < -0.4 is 4.90 Å². The predicted octanol–water partition coefficient (Wildman–Crippen LogP) is 2.58. The van der Waals surface area contributed by atoms with Crippen LogP contribution in [0.3, 0.4) is 0 Å². The normalized spacial score (nSPS) is 20.2. The molecule has 160 valence electrons. The van der Waals surface area contributed by atoms with Gasteiger partial charge in [0.15, 0.2) is 5.76 Å². The minimum Gasteiger partial charge on any atom is -0.459 e. The van der Waals surface area contributed by atoms with Crippen LogP contribution in [0.4, 0.5) is 10.1 Å². The van der Waals surface area contributed by atoms with Gasteiger partial charge in [-0.25, -0.2) is 4.39 Å². The lowest BCUT2D eigenvalue weighted by molar-refractivity contribution is -0.115. The van der Waals surface area contributed by atoms with Crippen LogP contribution in [0.1, 0.15) is 40.3 Å². The highest BCUT2D eigenvalue weighted by Crippen LogP contribution is 2.45. The van der Waals surface area contributed by atoms with Gasteiger partial charge in [-0.2, -0.15) is 0 Å². The molecule has 3 aliphatic rings. The average Bonchev–Trinajstić information content (AvgIpc) is 3.35. The number of benzene rings is 1. The molecule has 0 N–H and O–H groups in total. The lowest BCUT2D eigenvalue weighted by Gasteiger charge is -2.41. The van der Waals surface area contributed by atoms with E-state index in [1.54, 1.807) is 17.0 Å². The summed E-state index contributed by atoms with van der Waals surface area (Å²) < 4.78 is 19.5. The van der Waals surface area contributed by atoms with Crippen molar-refractivity contribution >= 4 is 28.9 Å². The molecule has 0 spiro atoms. The SMILES string of the molecule is CC1(C)C=C(CN2CCN(C(=O)c3ccco3)CC2)c2cc(F)cc3c2N1C(=O)C3=O. The van der Waals surface area contributed by atoms with Crippen LogP contribution in [0.25, 0.3) is 5.57 Å². The van der Waals surface area contributed by atoms with Crippen LogP contribution in [-0.2, 0) is 4.79 Å². The summed E-state index contributed by atoms with van der Waals surface area (Å²) >= 11 is 0. The third-order valence-electron chi connectivity index (χ3n) is 6.18. The number of Topliss-reactive ketones (excluding diaryl/α,β-unsaturated/α-hetero) is 1. The van der Waals surface area contributed by atoms with Crippen molar-refractivity contribution in [2.75, 3.05) is 37.6 Å². The molecule has 3 aliphatic heterocycles. The number of furan rings is 1. The molecule has 7 nitrogen and oxygen atoms in total. The Morgan fingerprint density at radius 2 is 1.84 bits per heavy atom. The van der Waals surface area contributed by atoms with Crippen LogP contribution in [0.15, 0.2) is 41.0 Å². The summed E-state index contributed by atoms with van der Waals surface area (Å²) in [7, 11) is 0. The number of halogens is 1. The molecule has 8 heteroatoms. The van der Waals surface area contributed by atoms with E-state index >= 15 is 0 Å². The van der Waals surface area contributed by atoms with Gasteiger partial charge >= 0.3 is 0 Å². The lowest BCUT2D eigenvalue weighted by atomic mass is 9.88. The standard InChI is InChI=1S/C23H22FN3O4/c1-23(2)12-14(16-10-15(24)11-17-19(16)27(23)22(30)20(17)28)13-25-5-7-26(8-6-25)21(29)18-4-3-9-31-18/h3-4,9-12H,5-8,13H2,1-2H3. The van der Waals surface area contributed by atoms with E-state index in [0.717, 1.165) is 11.6 Å². The van der Waals surface area contributed by atoms with Gasteiger partial charge in [0.1, 0.15) is 5.82 Å². The van der Waals surface area contributed by atoms with Gasteiger partial charge in [-0.1, -0.05) is 6.08 Å². The largest absolute Gasteiger partial charge is 0.459 e. The lowest BCUT2D eigenvalue weighted by Crippen LogP contribution is -2.50. The Balaban J connectivity index is 1.38. The molecule has 1 saturated heterocycles. The third-order valence-corrected chi connectivity index (χ3v) is 6.18. The Hall–Kier alpha value is -3.26. The highest BCUT2D eigenvalue weighted by Gasteiger charge is 2.47. The van der Waals surface area contributed by atoms with Crippen LogP contribution in [0.2, 0.25) is 0 Å². The van der Waals surface area contributed by atoms with Crippen LogP contribution >= 0.6 is 0 Å². The Kier molecular flexibility index (Phi) is 4.37. The number of carbonyl (C=O) groups is 3. The maximum atomic E-state index is 14.3. The number of piperazine rings is 1. The first-order valence-electron chi connectivity index (χ1n) is 10.3. The number of hydrogen-bond donors (Lipinski definition) is 0. The van der Waals surface area contributed by atoms with Crippen molar-refractivity contribution in [3.63, 3.8) is 0 Å². The summed E-state index contributed by atoms with van der Waals surface area (Å²) in [6.07, 6.45) is 3.42. The Morgan fingerprint density at radius 1 is 1.13 bits per heavy atom. The molecule has 31 heavy (non-hydrogen) atoms. The molecule has 0 unspecified atom stereocenters. The smallest absolute Gasteiger partial charge is 0.300 e. The molecule has 0 bridgehead atoms. The fourth-order valence-corrected chi connectivity index (χ4v) is 4.73. The zero-order valence-electron chi connectivity index (χ0n) is 17.4. The van der Waals surface area contributed by atoms with Crippen molar-refractivity contribution in [3.8, 4) is 0 Å². The summed E-state index contributed by atoms with van der Waals surface area (Å²) in [5, 5.41) is 0. The highest BCUT2D eigenvalue weighted by atomic mass is 19.1. The molecule has 2 amide bonds. The molecule has 0 aliphatic carbocycles. The Morgan fingerprint density at radius 3 is 2.52 bits per heavy atom. The van der Waals surface area contributed by atoms with E-state index in [0.29, 0.717) is 49.7 Å². The Bertz CT molecular complexity index is 1130. The number of nitrogens with zero attached hydrogens (tertiary/aromatic N) is 3. The van der Waals surface area contributed by atoms with Gasteiger partial charge in [-0.05, 0) is 43.7 Å². The van der Waals surface area contributed by atoms with Crippen molar-refractivity contribution in [3.05, 3.63) is 59.3 Å². The van der Waals surface area contributed by atoms with E-state index < -0.39 is 23.0 Å². The number of carbonyl (C=O) groups excluding carboxylic acids is 3. The topological polar surface area (TPSA) is 74.1 Å². The number of ketones is 1. The first-order chi connectivity index (χ1) is 14.8. The molecule has 0 saturated carbocycles. The van der Waals surface area contributed by atoms with Gasteiger partial charge in [0.05, 0.1) is 23.1 Å². The Labute approximate surface area is 178 Å². The summed E-state index contributed by atoms with van der Waals surface area (Å²) in [5.41, 5.74) is 1.40. The molecule has 1 aromatic carbocycles. The quantitative estimate of drug-likeness (QED) is 0.710. The third kappa shape index (κ3) is 3.09. The molecule has 0 atom stereocenters. The van der Waals surface area contributed by atoms with Gasteiger partial charge < -0.3 is 9.32 Å². The molecule has 5 rings (SSSR count). The second kappa shape index (κ2) is 6.88. The van der Waals surface area contributed by atoms with Crippen molar-refractivity contribution in [2.45, 2.75) is 19.4 Å². The highest BCUT2D eigenvalue weighted by molar-refractivity contribution is 6.53. The molecule has 2 aromatic rings. The zero-order valence-corrected chi connectivity index (χ0v) is 17.4. The zero-order chi connectivity index (χ0) is 21.9. The van der Waals surface area contributed by atoms with Gasteiger partial charge in [0.25, 0.3) is 17.6 Å². The van der Waals surface area contributed by atoms with E-state index in [4.69, 9.17) is 4.42 Å². The van der Waals surface area contributed by atoms with E-state index in [9.17, 15) is 18.8 Å². The maximum absolute atomic E-state index is 14.3. The van der Waals surface area contributed by atoms with E-state index in [1.165, 1.54) is 17.2 Å².